The van der Waals surface area contributed by atoms with Gasteiger partial charge >= 0.3 is 0 Å². The molecule has 2 N–H and O–H groups in total. The summed E-state index contributed by atoms with van der Waals surface area (Å²) in [6, 6.07) is 4.72. The largest absolute Gasteiger partial charge is 0.348 e. The summed E-state index contributed by atoms with van der Waals surface area (Å²) in [5.74, 6) is -0.0671. The number of amides is 3. The molecule has 9 nitrogen and oxygen atoms in total. The zero-order valence-corrected chi connectivity index (χ0v) is 18.9. The summed E-state index contributed by atoms with van der Waals surface area (Å²) in [4.78, 5) is 41.1. The molecule has 1 aliphatic carbocycles. The second kappa shape index (κ2) is 8.96. The SMILES string of the molecule is Cn1cc(CNC(=O)C2Cc3cccc4c3N2C(=O)C(NC(=O)CC2CCCC2)CC4)nn1. The molecule has 1 aromatic heterocycles. The lowest BCUT2D eigenvalue weighted by molar-refractivity contribution is -0.129. The molecule has 1 saturated carbocycles. The van der Waals surface area contributed by atoms with Gasteiger partial charge in [-0.2, -0.15) is 0 Å². The van der Waals surface area contributed by atoms with E-state index in [4.69, 9.17) is 0 Å². The van der Waals surface area contributed by atoms with Gasteiger partial charge in [0.15, 0.2) is 0 Å². The van der Waals surface area contributed by atoms with E-state index in [0.29, 0.717) is 37.3 Å². The van der Waals surface area contributed by atoms with Crippen LogP contribution in [-0.2, 0) is 40.8 Å². The zero-order valence-electron chi connectivity index (χ0n) is 18.9. The quantitative estimate of drug-likeness (QED) is 0.692. The van der Waals surface area contributed by atoms with E-state index in [1.165, 1.54) is 12.8 Å². The highest BCUT2D eigenvalue weighted by Crippen LogP contribution is 2.39. The summed E-state index contributed by atoms with van der Waals surface area (Å²) in [6.07, 6.45) is 8.43. The van der Waals surface area contributed by atoms with E-state index >= 15 is 0 Å². The van der Waals surface area contributed by atoms with Crippen LogP contribution in [0.3, 0.4) is 0 Å². The smallest absolute Gasteiger partial charge is 0.250 e. The monoisotopic (exact) mass is 450 g/mol. The molecule has 3 aliphatic rings. The van der Waals surface area contributed by atoms with Gasteiger partial charge in [0.1, 0.15) is 17.8 Å². The van der Waals surface area contributed by atoms with Gasteiger partial charge in [0, 0.05) is 26.1 Å². The van der Waals surface area contributed by atoms with Gasteiger partial charge in [0.25, 0.3) is 0 Å². The lowest BCUT2D eigenvalue weighted by Crippen LogP contribution is -2.54. The minimum atomic E-state index is -0.641. The van der Waals surface area contributed by atoms with E-state index in [9.17, 15) is 14.4 Å². The van der Waals surface area contributed by atoms with Crippen LogP contribution in [0.2, 0.25) is 0 Å². The number of nitrogens with one attached hydrogen (secondary N) is 2. The molecule has 2 unspecified atom stereocenters. The van der Waals surface area contributed by atoms with Crippen LogP contribution in [0.5, 0.6) is 0 Å². The van der Waals surface area contributed by atoms with Crippen molar-refractivity contribution in [3.63, 3.8) is 0 Å². The average molecular weight is 451 g/mol. The number of hydrogen-bond donors (Lipinski definition) is 2. The lowest BCUT2D eigenvalue weighted by Gasteiger charge is -2.28. The van der Waals surface area contributed by atoms with Crippen molar-refractivity contribution in [1.29, 1.82) is 0 Å². The Labute approximate surface area is 192 Å². The maximum atomic E-state index is 13.6. The number of para-hydroxylation sites is 1. The van der Waals surface area contributed by atoms with Crippen LogP contribution in [0.15, 0.2) is 24.4 Å². The highest BCUT2D eigenvalue weighted by Gasteiger charge is 2.44. The average Bonchev–Trinajstić information content (AvgIpc) is 3.52. The Hall–Kier alpha value is -3.23. The molecule has 1 fully saturated rings. The van der Waals surface area contributed by atoms with Crippen molar-refractivity contribution < 1.29 is 14.4 Å². The van der Waals surface area contributed by atoms with Gasteiger partial charge in [-0.1, -0.05) is 36.3 Å². The van der Waals surface area contributed by atoms with Crippen LogP contribution < -0.4 is 15.5 Å². The molecule has 5 rings (SSSR count). The Morgan fingerprint density at radius 1 is 1.15 bits per heavy atom. The van der Waals surface area contributed by atoms with E-state index in [0.717, 1.165) is 29.7 Å². The second-order valence-corrected chi connectivity index (χ2v) is 9.47. The Kier molecular flexibility index (Phi) is 5.86. The molecule has 0 bridgehead atoms. The molecule has 9 heteroatoms. The van der Waals surface area contributed by atoms with Gasteiger partial charge in [0.2, 0.25) is 17.7 Å². The van der Waals surface area contributed by atoms with Gasteiger partial charge in [-0.15, -0.1) is 5.10 Å². The number of nitrogens with zero attached hydrogens (tertiary/aromatic N) is 4. The van der Waals surface area contributed by atoms with E-state index < -0.39 is 12.1 Å². The standard InChI is InChI=1S/C24H30N6O3/c1-29-14-18(27-28-29)13-25-23(32)20-12-17-8-4-7-16-9-10-19(24(33)30(20)22(16)17)26-21(31)11-15-5-2-3-6-15/h4,7-8,14-15,19-20H,2-3,5-6,9-13H2,1H3,(H,25,32)(H,26,31). The minimum Gasteiger partial charge on any atom is -0.348 e. The zero-order chi connectivity index (χ0) is 22.9. The molecule has 1 aromatic carbocycles. The third-order valence-electron chi connectivity index (χ3n) is 7.09. The number of carbonyl (C=O) groups excluding carboxylic acids is 3. The van der Waals surface area contributed by atoms with Crippen molar-refractivity contribution in [3.05, 3.63) is 41.2 Å². The molecule has 0 saturated heterocycles. The predicted octanol–water partition coefficient (Wildman–Crippen LogP) is 1.40. The van der Waals surface area contributed by atoms with Crippen LogP contribution >= 0.6 is 0 Å². The topological polar surface area (TPSA) is 109 Å². The van der Waals surface area contributed by atoms with E-state index in [1.54, 1.807) is 22.8 Å². The van der Waals surface area contributed by atoms with Gasteiger partial charge in [-0.3, -0.25) is 24.0 Å². The fourth-order valence-corrected chi connectivity index (χ4v) is 5.48. The molecule has 3 heterocycles. The summed E-state index contributed by atoms with van der Waals surface area (Å²) < 4.78 is 1.58. The van der Waals surface area contributed by atoms with E-state index in [-0.39, 0.29) is 24.3 Å². The Morgan fingerprint density at radius 2 is 1.94 bits per heavy atom. The summed E-state index contributed by atoms with van der Waals surface area (Å²) in [6.45, 7) is 0.246. The van der Waals surface area contributed by atoms with E-state index in [2.05, 4.69) is 20.9 Å². The normalized spacial score (nSPS) is 22.2. The number of benzene rings is 1. The molecule has 33 heavy (non-hydrogen) atoms. The Bertz CT molecular complexity index is 1070. The first-order chi connectivity index (χ1) is 16.0. The molecule has 174 valence electrons. The van der Waals surface area contributed by atoms with Crippen molar-refractivity contribution in [2.24, 2.45) is 13.0 Å². The van der Waals surface area contributed by atoms with Crippen molar-refractivity contribution >= 4 is 23.4 Å². The maximum Gasteiger partial charge on any atom is 0.250 e. The first-order valence-corrected chi connectivity index (χ1v) is 11.9. The highest BCUT2D eigenvalue weighted by molar-refractivity contribution is 6.07. The van der Waals surface area contributed by atoms with Crippen LogP contribution in [-0.4, -0.2) is 44.8 Å². The van der Waals surface area contributed by atoms with Crippen LogP contribution in [0.4, 0.5) is 5.69 Å². The fraction of sp³-hybridized carbons (Fsp3) is 0.542. The number of anilines is 1. The van der Waals surface area contributed by atoms with Crippen LogP contribution in [0.1, 0.15) is 55.3 Å². The lowest BCUT2D eigenvalue weighted by atomic mass is 10.0. The third-order valence-corrected chi connectivity index (χ3v) is 7.09. The van der Waals surface area contributed by atoms with Gasteiger partial charge in [-0.25, -0.2) is 0 Å². The molecule has 2 atom stereocenters. The molecule has 0 spiro atoms. The Morgan fingerprint density at radius 3 is 2.70 bits per heavy atom. The number of carbonyl (C=O) groups is 3. The minimum absolute atomic E-state index is 0.0609. The molecular formula is C24H30N6O3. The number of hydrogen-bond acceptors (Lipinski definition) is 5. The summed E-state index contributed by atoms with van der Waals surface area (Å²) in [5, 5.41) is 13.8. The summed E-state index contributed by atoms with van der Waals surface area (Å²) in [7, 11) is 1.77. The first-order valence-electron chi connectivity index (χ1n) is 11.9. The summed E-state index contributed by atoms with van der Waals surface area (Å²) in [5.41, 5.74) is 3.55. The third kappa shape index (κ3) is 4.36. The summed E-state index contributed by atoms with van der Waals surface area (Å²) >= 11 is 0. The molecule has 3 amide bonds. The van der Waals surface area contributed by atoms with E-state index in [1.807, 2.05) is 18.2 Å². The van der Waals surface area contributed by atoms with Crippen molar-refractivity contribution in [3.8, 4) is 0 Å². The highest BCUT2D eigenvalue weighted by atomic mass is 16.2. The van der Waals surface area contributed by atoms with Crippen molar-refractivity contribution in [1.82, 2.24) is 25.6 Å². The van der Waals surface area contributed by atoms with Crippen molar-refractivity contribution in [2.45, 2.75) is 70.0 Å². The predicted molar refractivity (Wildman–Crippen MR) is 121 cm³/mol. The van der Waals surface area contributed by atoms with Crippen LogP contribution in [0, 0.1) is 5.92 Å². The molecule has 2 aliphatic heterocycles. The van der Waals surface area contributed by atoms with Gasteiger partial charge in [-0.05, 0) is 42.7 Å². The fourth-order valence-electron chi connectivity index (χ4n) is 5.48. The Balaban J connectivity index is 1.33. The maximum absolute atomic E-state index is 13.6. The number of aryl methyl sites for hydroxylation is 2. The number of rotatable bonds is 6. The second-order valence-electron chi connectivity index (χ2n) is 9.47. The first kappa shape index (κ1) is 21.6. The van der Waals surface area contributed by atoms with Gasteiger partial charge < -0.3 is 10.6 Å². The van der Waals surface area contributed by atoms with Crippen molar-refractivity contribution in [2.75, 3.05) is 4.90 Å². The van der Waals surface area contributed by atoms with Crippen LogP contribution in [0.25, 0.3) is 0 Å². The van der Waals surface area contributed by atoms with Gasteiger partial charge in [0.05, 0.1) is 12.2 Å². The molecule has 0 radical (unpaired) electrons. The number of aromatic nitrogens is 3. The molecule has 2 aromatic rings. The molecular weight excluding hydrogens is 420 g/mol.